The number of nitrogens with two attached hydrogens (primary N) is 2. The fraction of sp³-hybridized carbons (Fsp3) is 0. The Hall–Kier alpha value is -1.53. The van der Waals surface area contributed by atoms with Crippen LogP contribution in [0.25, 0.3) is 11.1 Å². The summed E-state index contributed by atoms with van der Waals surface area (Å²) < 4.78 is 5.03. The third-order valence-corrected chi connectivity index (χ3v) is 3.96. The van der Waals surface area contributed by atoms with Crippen molar-refractivity contribution in [3.8, 4) is 5.75 Å². The van der Waals surface area contributed by atoms with Crippen LogP contribution in [0.2, 0.25) is 20.1 Å². The third-order valence-electron chi connectivity index (χ3n) is 2.52. The summed E-state index contributed by atoms with van der Waals surface area (Å²) in [6, 6.07) is 6.02. The molecule has 0 atom stereocenters. The van der Waals surface area contributed by atoms with Gasteiger partial charge in [-0.15, -0.1) is 0 Å². The Morgan fingerprint density at radius 1 is 0.864 bits per heavy atom. The Morgan fingerprint density at radius 3 is 2.05 bits per heavy atom. The summed E-state index contributed by atoms with van der Waals surface area (Å²) in [5, 5.41) is 10.5. The van der Waals surface area contributed by atoms with Gasteiger partial charge in [0.2, 0.25) is 0 Å². The minimum Gasteiger partial charge on any atom is -0.506 e. The minimum absolute atomic E-state index is 0.0469. The topological polar surface area (TPSA) is 98.3 Å². The molecule has 3 aromatic rings. The highest BCUT2D eigenvalue weighted by Gasteiger charge is 2.06. The number of aromatic nitrogens is 1. The van der Waals surface area contributed by atoms with E-state index in [2.05, 4.69) is 4.98 Å². The highest BCUT2D eigenvalue weighted by Crippen LogP contribution is 2.31. The molecule has 0 aliphatic heterocycles. The maximum atomic E-state index is 8.96. The van der Waals surface area contributed by atoms with Gasteiger partial charge in [0, 0.05) is 12.1 Å². The van der Waals surface area contributed by atoms with Crippen molar-refractivity contribution < 1.29 is 9.52 Å². The molecular weight excluding hydrogens is 372 g/mol. The van der Waals surface area contributed by atoms with E-state index in [0.717, 1.165) is 0 Å². The Morgan fingerprint density at radius 2 is 1.41 bits per heavy atom. The monoisotopic (exact) mass is 379 g/mol. The van der Waals surface area contributed by atoms with E-state index in [9.17, 15) is 0 Å². The maximum Gasteiger partial charge on any atom is 0.292 e. The molecule has 0 saturated heterocycles. The number of nitrogens with zero attached hydrogens (tertiary/aromatic N) is 1. The van der Waals surface area contributed by atoms with Crippen molar-refractivity contribution in [2.45, 2.75) is 0 Å². The second-order valence-electron chi connectivity index (χ2n) is 4.11. The first-order valence-corrected chi connectivity index (χ1v) is 7.23. The Balaban J connectivity index is 0.000000164. The smallest absolute Gasteiger partial charge is 0.292 e. The molecule has 22 heavy (non-hydrogen) atoms. The molecule has 9 heteroatoms. The maximum absolute atomic E-state index is 8.96. The molecule has 0 amide bonds. The Kier molecular flexibility index (Phi) is 5.13. The van der Waals surface area contributed by atoms with Gasteiger partial charge in [-0.05, 0) is 12.1 Å². The quantitative estimate of drug-likeness (QED) is 0.376. The Bertz CT molecular complexity index is 747. The zero-order valence-electron chi connectivity index (χ0n) is 10.8. The molecule has 0 spiro atoms. The number of anilines is 2. The molecule has 2 aromatic carbocycles. The molecule has 116 valence electrons. The number of phenolic OH excluding ortho intramolecular Hbond substituents is 1. The van der Waals surface area contributed by atoms with Crippen molar-refractivity contribution >= 4 is 69.2 Å². The zero-order chi connectivity index (χ0) is 16.4. The lowest BCUT2D eigenvalue weighted by Gasteiger charge is -1.99. The van der Waals surface area contributed by atoms with E-state index in [1.54, 1.807) is 12.1 Å². The van der Waals surface area contributed by atoms with Crippen LogP contribution >= 0.6 is 46.4 Å². The van der Waals surface area contributed by atoms with Gasteiger partial charge < -0.3 is 21.0 Å². The first-order chi connectivity index (χ1) is 10.3. The molecule has 3 rings (SSSR count). The van der Waals surface area contributed by atoms with Gasteiger partial charge in [0.15, 0.2) is 5.58 Å². The number of rotatable bonds is 0. The Labute approximate surface area is 145 Å². The second kappa shape index (κ2) is 6.71. The van der Waals surface area contributed by atoms with Crippen LogP contribution in [0.5, 0.6) is 5.75 Å². The first-order valence-electron chi connectivity index (χ1n) is 5.72. The molecule has 5 N–H and O–H groups in total. The summed E-state index contributed by atoms with van der Waals surface area (Å²) in [6.07, 6.45) is 0. The van der Waals surface area contributed by atoms with Crippen LogP contribution < -0.4 is 11.5 Å². The molecule has 0 unspecified atom stereocenters. The van der Waals surface area contributed by atoms with E-state index >= 15 is 0 Å². The van der Waals surface area contributed by atoms with Crippen LogP contribution in [0.1, 0.15) is 0 Å². The molecule has 1 aromatic heterocycles. The molecule has 0 radical (unpaired) electrons. The minimum atomic E-state index is -0.0469. The number of aromatic hydroxyl groups is 1. The van der Waals surface area contributed by atoms with E-state index in [1.807, 2.05) is 0 Å². The zero-order valence-corrected chi connectivity index (χ0v) is 13.8. The number of oxazole rings is 1. The molecule has 0 aliphatic rings. The van der Waals surface area contributed by atoms with Crippen molar-refractivity contribution in [3.05, 3.63) is 44.4 Å². The molecule has 5 nitrogen and oxygen atoms in total. The fourth-order valence-electron chi connectivity index (χ4n) is 1.49. The summed E-state index contributed by atoms with van der Waals surface area (Å²) in [7, 11) is 0. The number of hydrogen-bond donors (Lipinski definition) is 3. The lowest BCUT2D eigenvalue weighted by Crippen LogP contribution is -1.84. The molecule has 0 saturated carbocycles. The van der Waals surface area contributed by atoms with Gasteiger partial charge in [-0.2, -0.15) is 4.98 Å². The predicted octanol–water partition coefficient (Wildman–Crippen LogP) is 5.00. The number of benzene rings is 2. The summed E-state index contributed by atoms with van der Waals surface area (Å²) in [5.74, 6) is -0.0469. The van der Waals surface area contributed by atoms with Crippen LogP contribution in [0.3, 0.4) is 0 Å². The number of hydrogen-bond acceptors (Lipinski definition) is 5. The van der Waals surface area contributed by atoms with Crippen molar-refractivity contribution in [3.63, 3.8) is 0 Å². The van der Waals surface area contributed by atoms with Crippen molar-refractivity contribution in [1.82, 2.24) is 4.98 Å². The largest absolute Gasteiger partial charge is 0.506 e. The van der Waals surface area contributed by atoms with E-state index in [1.165, 1.54) is 12.1 Å². The van der Waals surface area contributed by atoms with E-state index in [0.29, 0.717) is 31.2 Å². The van der Waals surface area contributed by atoms with E-state index < -0.39 is 0 Å². The fourth-order valence-corrected chi connectivity index (χ4v) is 2.13. The molecular formula is C13H9Cl4N3O2. The number of nitrogen functional groups attached to an aromatic ring is 2. The lowest BCUT2D eigenvalue weighted by molar-refractivity contribution is 0.478. The average molecular weight is 381 g/mol. The number of fused-ring (bicyclic) bond motifs is 1. The third kappa shape index (κ3) is 3.81. The highest BCUT2D eigenvalue weighted by molar-refractivity contribution is 6.43. The molecule has 0 fully saturated rings. The first kappa shape index (κ1) is 16.8. The second-order valence-corrected chi connectivity index (χ2v) is 5.74. The predicted molar refractivity (Wildman–Crippen MR) is 91.0 cm³/mol. The van der Waals surface area contributed by atoms with Crippen molar-refractivity contribution in [2.75, 3.05) is 11.5 Å². The van der Waals surface area contributed by atoms with Crippen LogP contribution in [-0.4, -0.2) is 10.1 Å². The summed E-state index contributed by atoms with van der Waals surface area (Å²) in [6.45, 7) is 0. The van der Waals surface area contributed by atoms with Gasteiger partial charge in [-0.1, -0.05) is 46.4 Å². The normalized spacial score (nSPS) is 10.4. The van der Waals surface area contributed by atoms with Gasteiger partial charge in [-0.25, -0.2) is 0 Å². The van der Waals surface area contributed by atoms with Gasteiger partial charge in [0.05, 0.1) is 25.8 Å². The van der Waals surface area contributed by atoms with Crippen LogP contribution in [0.15, 0.2) is 28.7 Å². The van der Waals surface area contributed by atoms with Gasteiger partial charge >= 0.3 is 0 Å². The highest BCUT2D eigenvalue weighted by atomic mass is 35.5. The van der Waals surface area contributed by atoms with E-state index in [-0.39, 0.29) is 17.5 Å². The number of halogens is 4. The van der Waals surface area contributed by atoms with Gasteiger partial charge in [0.25, 0.3) is 6.01 Å². The summed E-state index contributed by atoms with van der Waals surface area (Å²) in [5.41, 5.74) is 12.0. The van der Waals surface area contributed by atoms with Gasteiger partial charge in [0.1, 0.15) is 11.3 Å². The molecule has 0 aliphatic carbocycles. The number of phenols is 1. The molecule has 1 heterocycles. The summed E-state index contributed by atoms with van der Waals surface area (Å²) >= 11 is 22.6. The van der Waals surface area contributed by atoms with Gasteiger partial charge in [-0.3, -0.25) is 0 Å². The SMILES string of the molecule is Nc1cc(Cl)c(Cl)cc1O.Nc1nc2cc(Cl)c(Cl)cc2o1. The average Bonchev–Trinajstić information content (AvgIpc) is 2.77. The lowest BCUT2D eigenvalue weighted by atomic mass is 10.3. The standard InChI is InChI=1S/C7H4Cl2N2O.C6H5Cl2NO/c8-3-1-5-6(2-4(3)9)12-7(10)11-5;7-3-1-5(9)6(10)2-4(3)8/h1-2H,(H2,10,11);1-2,10H,9H2. The van der Waals surface area contributed by atoms with Crippen molar-refractivity contribution in [2.24, 2.45) is 0 Å². The van der Waals surface area contributed by atoms with Crippen LogP contribution in [-0.2, 0) is 0 Å². The van der Waals surface area contributed by atoms with Crippen molar-refractivity contribution in [1.29, 1.82) is 0 Å². The molecule has 0 bridgehead atoms. The summed E-state index contributed by atoms with van der Waals surface area (Å²) in [4.78, 5) is 3.88. The van der Waals surface area contributed by atoms with E-state index in [4.69, 9.17) is 67.4 Å². The van der Waals surface area contributed by atoms with Crippen LogP contribution in [0, 0.1) is 0 Å². The van der Waals surface area contributed by atoms with Crippen LogP contribution in [0.4, 0.5) is 11.7 Å².